The van der Waals surface area contributed by atoms with Gasteiger partial charge < -0.3 is 10.2 Å². The quantitative estimate of drug-likeness (QED) is 0.879. The van der Waals surface area contributed by atoms with E-state index in [1.165, 1.54) is 0 Å². The highest BCUT2D eigenvalue weighted by Gasteiger charge is 1.97. The van der Waals surface area contributed by atoms with Crippen LogP contribution in [-0.4, -0.2) is 30.6 Å². The van der Waals surface area contributed by atoms with Crippen molar-refractivity contribution in [1.29, 1.82) is 0 Å². The Hall–Kier alpha value is -2.80. The first-order chi connectivity index (χ1) is 10.0. The number of carboxylic acid groups (broad SMARTS) is 2. The largest absolute Gasteiger partial charge is 0.478 e. The van der Waals surface area contributed by atoms with E-state index in [4.69, 9.17) is 18.6 Å². The first-order valence-corrected chi connectivity index (χ1v) is 6.18. The Morgan fingerprint density at radius 2 is 0.905 bits per heavy atom. The molecule has 0 bridgehead atoms. The third-order valence-electron chi connectivity index (χ3n) is 2.04. The molecular formula is C14H12O6S. The van der Waals surface area contributed by atoms with Gasteiger partial charge in [0.2, 0.25) is 0 Å². The summed E-state index contributed by atoms with van der Waals surface area (Å²) in [6, 6.07) is 16.6. The summed E-state index contributed by atoms with van der Waals surface area (Å²) in [5, 5.41) is 16.8. The van der Waals surface area contributed by atoms with Crippen LogP contribution < -0.4 is 0 Å². The maximum Gasteiger partial charge on any atom is 0.335 e. The zero-order chi connectivity index (χ0) is 16.1. The molecule has 0 spiro atoms. The van der Waals surface area contributed by atoms with Crippen LogP contribution in [0.5, 0.6) is 0 Å². The molecule has 6 nitrogen and oxygen atoms in total. The molecule has 0 unspecified atom stereocenters. The summed E-state index contributed by atoms with van der Waals surface area (Å²) in [6.07, 6.45) is 0. The van der Waals surface area contributed by atoms with Crippen LogP contribution in [0.15, 0.2) is 60.7 Å². The summed E-state index contributed by atoms with van der Waals surface area (Å²) in [5.41, 5.74) is 0.662. The highest BCUT2D eigenvalue weighted by atomic mass is 32.1. The van der Waals surface area contributed by atoms with E-state index in [1.54, 1.807) is 60.7 Å². The van der Waals surface area contributed by atoms with Gasteiger partial charge in [-0.1, -0.05) is 36.4 Å². The van der Waals surface area contributed by atoms with Crippen molar-refractivity contribution in [3.05, 3.63) is 71.8 Å². The van der Waals surface area contributed by atoms with Crippen molar-refractivity contribution in [3.63, 3.8) is 0 Å². The van der Waals surface area contributed by atoms with Crippen molar-refractivity contribution in [3.8, 4) is 0 Å². The molecule has 0 saturated carbocycles. The summed E-state index contributed by atoms with van der Waals surface area (Å²) in [6.45, 7) is 0. The highest BCUT2D eigenvalue weighted by Crippen LogP contribution is 1.96. The summed E-state index contributed by atoms with van der Waals surface area (Å²) in [7, 11) is 0. The van der Waals surface area contributed by atoms with Crippen molar-refractivity contribution in [2.75, 3.05) is 0 Å². The Labute approximate surface area is 124 Å². The van der Waals surface area contributed by atoms with Gasteiger partial charge in [-0.2, -0.15) is 8.42 Å². The van der Waals surface area contributed by atoms with Crippen molar-refractivity contribution < 1.29 is 28.2 Å². The second-order valence-electron chi connectivity index (χ2n) is 3.41. The van der Waals surface area contributed by atoms with Gasteiger partial charge in [-0.3, -0.25) is 0 Å². The van der Waals surface area contributed by atoms with E-state index >= 15 is 0 Å². The lowest BCUT2D eigenvalue weighted by Gasteiger charge is -1.88. The second-order valence-corrected chi connectivity index (χ2v) is 3.55. The number of carboxylic acids is 2. The standard InChI is InChI=1S/2C7H6O2.O2S/c2*8-7(9)6-4-2-1-3-5-6;1-3-2/h2*1-5H,(H,8,9);. The Kier molecular flexibility index (Phi) is 9.59. The molecule has 2 aromatic rings. The van der Waals surface area contributed by atoms with Crippen LogP contribution in [0.4, 0.5) is 0 Å². The molecule has 0 aliphatic rings. The van der Waals surface area contributed by atoms with Gasteiger partial charge in [0, 0.05) is 0 Å². The highest BCUT2D eigenvalue weighted by molar-refractivity contribution is 7.51. The lowest BCUT2D eigenvalue weighted by molar-refractivity contribution is 0.0686. The Bertz CT molecular complexity index is 542. The van der Waals surface area contributed by atoms with E-state index in [-0.39, 0.29) is 0 Å². The Morgan fingerprint density at radius 3 is 1.05 bits per heavy atom. The van der Waals surface area contributed by atoms with E-state index in [1.807, 2.05) is 0 Å². The fourth-order valence-corrected chi connectivity index (χ4v) is 1.16. The van der Waals surface area contributed by atoms with Crippen molar-refractivity contribution in [2.24, 2.45) is 0 Å². The molecule has 0 saturated heterocycles. The molecule has 2 rings (SSSR count). The minimum Gasteiger partial charge on any atom is -0.478 e. The van der Waals surface area contributed by atoms with Gasteiger partial charge in [-0.05, 0) is 24.3 Å². The molecule has 0 radical (unpaired) electrons. The molecule has 110 valence electrons. The fraction of sp³-hybridized carbons (Fsp3) is 0. The lowest BCUT2D eigenvalue weighted by Crippen LogP contribution is -1.93. The molecule has 0 aliphatic heterocycles. The topological polar surface area (TPSA) is 109 Å². The van der Waals surface area contributed by atoms with Gasteiger partial charge in [0.1, 0.15) is 0 Å². The van der Waals surface area contributed by atoms with Crippen LogP contribution in [0.2, 0.25) is 0 Å². The van der Waals surface area contributed by atoms with Gasteiger partial charge in [0.25, 0.3) is 0 Å². The van der Waals surface area contributed by atoms with E-state index in [0.29, 0.717) is 11.1 Å². The zero-order valence-corrected chi connectivity index (χ0v) is 11.5. The first-order valence-electron chi connectivity index (χ1n) is 5.51. The van der Waals surface area contributed by atoms with E-state index in [0.717, 1.165) is 0 Å². The molecule has 0 atom stereocenters. The molecule has 0 heterocycles. The van der Waals surface area contributed by atoms with Gasteiger partial charge in [0.15, 0.2) is 0 Å². The van der Waals surface area contributed by atoms with Crippen molar-refractivity contribution in [1.82, 2.24) is 0 Å². The summed E-state index contributed by atoms with van der Waals surface area (Å²) in [4.78, 5) is 20.4. The predicted octanol–water partition coefficient (Wildman–Crippen LogP) is 2.10. The Balaban J connectivity index is 0.000000322. The molecule has 0 amide bonds. The zero-order valence-electron chi connectivity index (χ0n) is 10.7. The monoisotopic (exact) mass is 308 g/mol. The normalized spacial score (nSPS) is 8.19. The van der Waals surface area contributed by atoms with E-state index in [2.05, 4.69) is 0 Å². The first kappa shape index (κ1) is 18.2. The van der Waals surface area contributed by atoms with E-state index in [9.17, 15) is 9.59 Å². The summed E-state index contributed by atoms with van der Waals surface area (Å²) in [5.74, 6) is -1.76. The van der Waals surface area contributed by atoms with E-state index < -0.39 is 23.5 Å². The molecular weight excluding hydrogens is 296 g/mol. The summed E-state index contributed by atoms with van der Waals surface area (Å²) >= 11 is -0.750. The average Bonchev–Trinajstić information content (AvgIpc) is 2.50. The number of carbonyl (C=O) groups is 2. The van der Waals surface area contributed by atoms with Gasteiger partial charge >= 0.3 is 23.5 Å². The lowest BCUT2D eigenvalue weighted by atomic mass is 10.2. The minimum absolute atomic E-state index is 0.331. The van der Waals surface area contributed by atoms with Crippen LogP contribution >= 0.6 is 0 Å². The molecule has 0 aromatic heterocycles. The van der Waals surface area contributed by atoms with Crippen LogP contribution in [0.25, 0.3) is 0 Å². The third kappa shape index (κ3) is 8.84. The van der Waals surface area contributed by atoms with Crippen LogP contribution in [0.1, 0.15) is 20.7 Å². The molecule has 0 fully saturated rings. The fourth-order valence-electron chi connectivity index (χ4n) is 1.16. The number of hydrogen-bond donors (Lipinski definition) is 2. The van der Waals surface area contributed by atoms with Gasteiger partial charge in [-0.25, -0.2) is 9.59 Å². The molecule has 7 heteroatoms. The van der Waals surface area contributed by atoms with Crippen LogP contribution in [-0.2, 0) is 11.6 Å². The SMILES string of the molecule is O=C(O)c1ccccc1.O=C(O)c1ccccc1.O=S=O. The number of hydrogen-bond acceptors (Lipinski definition) is 4. The molecule has 0 aliphatic carbocycles. The van der Waals surface area contributed by atoms with Gasteiger partial charge in [-0.15, -0.1) is 0 Å². The smallest absolute Gasteiger partial charge is 0.335 e. The molecule has 21 heavy (non-hydrogen) atoms. The summed E-state index contributed by atoms with van der Waals surface area (Å²) < 4.78 is 16.6. The minimum atomic E-state index is -0.879. The van der Waals surface area contributed by atoms with Crippen molar-refractivity contribution in [2.45, 2.75) is 0 Å². The third-order valence-corrected chi connectivity index (χ3v) is 2.04. The van der Waals surface area contributed by atoms with Crippen LogP contribution in [0.3, 0.4) is 0 Å². The average molecular weight is 308 g/mol. The number of benzene rings is 2. The maximum absolute atomic E-state index is 10.2. The number of rotatable bonds is 2. The van der Waals surface area contributed by atoms with Crippen molar-refractivity contribution >= 4 is 23.5 Å². The predicted molar refractivity (Wildman–Crippen MR) is 75.7 cm³/mol. The molecule has 2 aromatic carbocycles. The van der Waals surface area contributed by atoms with Crippen LogP contribution in [0, 0.1) is 0 Å². The maximum atomic E-state index is 10.2. The number of aromatic carboxylic acids is 2. The second kappa shape index (κ2) is 11.1. The Morgan fingerprint density at radius 1 is 0.667 bits per heavy atom. The van der Waals surface area contributed by atoms with Gasteiger partial charge in [0.05, 0.1) is 11.1 Å². The molecule has 2 N–H and O–H groups in total.